The number of Topliss-reactive ketones (excluding diaryl/α,β-unsaturated/α-hetero) is 1. The molecule has 23 rings (SSSR count). The molecule has 0 radical (unpaired) electrons. The van der Waals surface area contributed by atoms with Gasteiger partial charge in [0.05, 0.1) is 136 Å². The van der Waals surface area contributed by atoms with E-state index in [2.05, 4.69) is 196 Å². The number of aromatic nitrogens is 16. The highest BCUT2D eigenvalue weighted by atomic mass is 127. The minimum atomic E-state index is -0.921. The number of hydrogen-bond donors (Lipinski definition) is 2. The van der Waals surface area contributed by atoms with Crippen LogP contribution in [-0.4, -0.2) is 108 Å². The van der Waals surface area contributed by atoms with Gasteiger partial charge in [0.2, 0.25) is 0 Å². The van der Waals surface area contributed by atoms with Gasteiger partial charge in [0.15, 0.2) is 0 Å². The first kappa shape index (κ1) is 94.7. The normalized spacial score (nSPS) is 15.1. The molecule has 2 N–H and O–H groups in total. The molecule has 26 heteroatoms. The average Bonchev–Trinajstić information content (AvgIpc) is 1.59. The number of fused-ring (bicyclic) bond motifs is 4. The first-order chi connectivity index (χ1) is 68.9. The van der Waals surface area contributed by atoms with Gasteiger partial charge >= 0.3 is 5.97 Å². The van der Waals surface area contributed by atoms with E-state index in [1.807, 2.05) is 173 Å². The lowest BCUT2D eigenvalue weighted by molar-refractivity contribution is -0.119. The Kier molecular flexibility index (Phi) is 26.7. The number of halogens is 1. The third-order valence-corrected chi connectivity index (χ3v) is 30.4. The predicted octanol–water partition coefficient (Wildman–Crippen LogP) is 27.5. The lowest BCUT2D eigenvalue weighted by atomic mass is 9.91. The molecule has 718 valence electrons. The lowest BCUT2D eigenvalue weighted by Crippen LogP contribution is -2.19. The Morgan fingerprint density at radius 2 is 0.746 bits per heavy atom. The molecular formula is C116H113IN16O9. The maximum Gasteiger partial charge on any atom is 0.335 e. The van der Waals surface area contributed by atoms with Crippen LogP contribution in [0.5, 0.6) is 5.75 Å². The van der Waals surface area contributed by atoms with E-state index in [1.165, 1.54) is 51.4 Å². The molecule has 3 aromatic carbocycles. The number of carboxylic acid groups (broad SMARTS) is 1. The van der Waals surface area contributed by atoms with Gasteiger partial charge in [-0.05, 0) is 287 Å². The second kappa shape index (κ2) is 40.0. The molecule has 4 atom stereocenters. The van der Waals surface area contributed by atoms with Gasteiger partial charge in [0, 0.05) is 136 Å². The zero-order chi connectivity index (χ0) is 98.5. The standard InChI is InChI=1S/C34H34N4O2.C32H32N4O3.C31H30N4O3.C19H17IN4O/c1-21-31(22(2)40-37-21)26-18-30-32(36-19-26)28(24-11-13-27(14-12-24)34(15-16-34)23(3)39)20-38(30)33(25-8-4-5-9-25)29-10-6-7-17-35-29;1-19-30(21(3)39-35-19)24-15-28-31(34-17-24)26(23-12-13-25(20(2)37)29(16-23)38-4)18-36(28)32(22-9-5-6-10-22)27-11-7-8-14-33-27;1-18-14-22(11-12-24(18)31(36)37)25-17-35(30(21-8-4-5-9-21)26-10-6-7-13-32-26)27-15-23(16-33-29(25)27)28-19(2)34-38-20(28)3;1-11-18(13(3)25-23-11)14-8-17-19(22-9-14)15(20)10-24(17)12(2)16-6-4-5-7-21-16/h6-7,10-14,17-20,25,33H,4-5,8-9,15-16H2,1-3H3;7-8,11-18,22,32,37H,2,5-6,9-10H2,1,3-4H3;6-7,10-17,21,30H,4-5,8-9H2,1-3H3,(H,36,37);4-10,12H,1-3H3. The quantitative estimate of drug-likeness (QED) is 0.0444. The number of ketones is 1. The van der Waals surface area contributed by atoms with E-state index in [1.54, 1.807) is 20.1 Å². The van der Waals surface area contributed by atoms with Crippen molar-refractivity contribution in [2.75, 3.05) is 7.11 Å². The smallest absolute Gasteiger partial charge is 0.335 e. The first-order valence-electron chi connectivity index (χ1n) is 49.0. The highest BCUT2D eigenvalue weighted by molar-refractivity contribution is 14.1. The number of aryl methyl sites for hydroxylation is 9. The van der Waals surface area contributed by atoms with E-state index in [0.717, 1.165) is 244 Å². The highest BCUT2D eigenvalue weighted by Gasteiger charge is 2.49. The molecule has 4 aliphatic carbocycles. The van der Waals surface area contributed by atoms with Crippen LogP contribution >= 0.6 is 22.6 Å². The third kappa shape index (κ3) is 18.2. The van der Waals surface area contributed by atoms with E-state index in [4.69, 9.17) is 57.7 Å². The van der Waals surface area contributed by atoms with Gasteiger partial charge in [-0.3, -0.25) is 44.7 Å². The molecule has 16 heterocycles. The number of carbonyl (C=O) groups excluding carboxylic acids is 1. The summed E-state index contributed by atoms with van der Waals surface area (Å²) in [5, 5.41) is 36.2. The number of carbonyl (C=O) groups is 2. The molecule has 4 unspecified atom stereocenters. The van der Waals surface area contributed by atoms with Crippen LogP contribution in [0.4, 0.5) is 0 Å². The summed E-state index contributed by atoms with van der Waals surface area (Å²) < 4.78 is 37.9. The Labute approximate surface area is 837 Å². The number of carboxylic acids is 1. The number of aromatic carboxylic acids is 1. The molecule has 25 nitrogen and oxygen atoms in total. The zero-order valence-corrected chi connectivity index (χ0v) is 84.0. The molecule has 4 fully saturated rings. The molecule has 4 saturated carbocycles. The maximum absolute atomic E-state index is 12.3. The van der Waals surface area contributed by atoms with Crippen molar-refractivity contribution in [3.05, 3.63) is 333 Å². The maximum atomic E-state index is 12.3. The zero-order valence-electron chi connectivity index (χ0n) is 81.9. The number of ether oxygens (including phenoxy) is 1. The van der Waals surface area contributed by atoms with Crippen molar-refractivity contribution >= 4 is 84.2 Å². The Balaban J connectivity index is 0.000000117. The van der Waals surface area contributed by atoms with E-state index >= 15 is 0 Å². The monoisotopic (exact) mass is 2000 g/mol. The van der Waals surface area contributed by atoms with E-state index in [0.29, 0.717) is 34.6 Å². The summed E-state index contributed by atoms with van der Waals surface area (Å²) in [4.78, 5) is 62.7. The first-order valence-corrected chi connectivity index (χ1v) is 50.1. The predicted molar refractivity (Wildman–Crippen MR) is 560 cm³/mol. The summed E-state index contributed by atoms with van der Waals surface area (Å²) in [6.45, 7) is 25.0. The van der Waals surface area contributed by atoms with Crippen LogP contribution in [0.15, 0.2) is 257 Å². The molecule has 0 aliphatic heterocycles. The van der Waals surface area contributed by atoms with Crippen molar-refractivity contribution in [1.82, 2.24) is 78.8 Å². The Hall–Kier alpha value is -14.9. The molecule has 19 aromatic rings. The fourth-order valence-corrected chi connectivity index (χ4v) is 23.1. The molecule has 4 aliphatic rings. The number of rotatable bonds is 23. The summed E-state index contributed by atoms with van der Waals surface area (Å²) in [5.41, 5.74) is 32.0. The van der Waals surface area contributed by atoms with Gasteiger partial charge in [-0.1, -0.05) is 132 Å². The second-order valence-electron chi connectivity index (χ2n) is 38.5. The number of benzene rings is 3. The van der Waals surface area contributed by atoms with Gasteiger partial charge in [-0.2, -0.15) is 0 Å². The van der Waals surface area contributed by atoms with Crippen molar-refractivity contribution in [2.24, 2.45) is 17.8 Å². The topological polar surface area (TPSA) is 311 Å². The van der Waals surface area contributed by atoms with Gasteiger partial charge in [0.1, 0.15) is 45.8 Å². The minimum Gasteiger partial charge on any atom is -0.508 e. The summed E-state index contributed by atoms with van der Waals surface area (Å²) >= 11 is 2.34. The van der Waals surface area contributed by atoms with Gasteiger partial charge in [0.25, 0.3) is 0 Å². The van der Waals surface area contributed by atoms with Crippen LogP contribution < -0.4 is 4.74 Å². The highest BCUT2D eigenvalue weighted by Crippen LogP contribution is 2.52. The van der Waals surface area contributed by atoms with E-state index < -0.39 is 5.97 Å². The van der Waals surface area contributed by atoms with Crippen molar-refractivity contribution < 1.29 is 42.6 Å². The Morgan fingerprint density at radius 1 is 0.408 bits per heavy atom. The number of methoxy groups -OCH3 is 1. The lowest BCUT2D eigenvalue weighted by Gasteiger charge is -2.26. The van der Waals surface area contributed by atoms with Gasteiger partial charge in [-0.15, -0.1) is 0 Å². The van der Waals surface area contributed by atoms with Gasteiger partial charge in [-0.25, -0.2) is 4.79 Å². The van der Waals surface area contributed by atoms with Crippen LogP contribution in [0.2, 0.25) is 0 Å². The fraction of sp³-hybridized carbons (Fsp3) is 0.293. The van der Waals surface area contributed by atoms with Crippen molar-refractivity contribution in [1.29, 1.82) is 0 Å². The second-order valence-corrected chi connectivity index (χ2v) is 39.6. The number of pyridine rings is 8. The molecule has 16 aromatic heterocycles. The Bertz CT molecular complexity index is 7820. The molecule has 142 heavy (non-hydrogen) atoms. The van der Waals surface area contributed by atoms with Crippen LogP contribution in [0, 0.1) is 83.6 Å². The summed E-state index contributed by atoms with van der Waals surface area (Å²) in [6.07, 6.45) is 40.2. The summed E-state index contributed by atoms with van der Waals surface area (Å²) in [7, 11) is 1.60. The number of aliphatic hydroxyl groups is 1. The Morgan fingerprint density at radius 3 is 1.06 bits per heavy atom. The number of hydrogen-bond acceptors (Lipinski definition) is 20. The molecular weight excluding hydrogens is 1890 g/mol. The van der Waals surface area contributed by atoms with Gasteiger partial charge < -0.3 is 51.3 Å². The molecule has 0 saturated heterocycles. The van der Waals surface area contributed by atoms with E-state index in [-0.39, 0.29) is 41.1 Å². The SMILES string of the molecule is C=C(O)c1ccc(-c2cn(C(c3ccccn3)C3CCCC3)c3cc(-c4c(C)noc4C)cnc23)cc1OC.CC(=O)C1(c2ccc(-c3cn(C(c4ccccn4)C4CCCC4)c4cc(-c5c(C)noc5C)cnc34)cc2)CC1.Cc1cc(-c2cn(C(c3ccccn3)C3CCCC3)c3cc(-c4c(C)noc4C)cnc23)ccc1C(=O)O.Cc1noc(C)c1-c1cnc2c(I)cn(C(C)c3ccccn3)c2c1. The summed E-state index contributed by atoms with van der Waals surface area (Å²) in [5.74, 6) is 4.46. The van der Waals surface area contributed by atoms with Crippen molar-refractivity contribution in [3.8, 4) is 83.6 Å². The third-order valence-electron chi connectivity index (χ3n) is 29.6. The van der Waals surface area contributed by atoms with Crippen molar-refractivity contribution in [3.63, 3.8) is 0 Å². The molecule has 0 amide bonds. The number of aliphatic hydroxyl groups excluding tert-OH is 1. The molecule has 0 spiro atoms. The molecule has 0 bridgehead atoms. The summed E-state index contributed by atoms with van der Waals surface area (Å²) in [6, 6.07) is 53.5. The largest absolute Gasteiger partial charge is 0.508 e. The number of nitrogens with zero attached hydrogens (tertiary/aromatic N) is 16. The minimum absolute atomic E-state index is 0.0282. The van der Waals surface area contributed by atoms with E-state index in [9.17, 15) is 19.8 Å². The van der Waals surface area contributed by atoms with Crippen LogP contribution in [0.25, 0.3) is 128 Å². The van der Waals surface area contributed by atoms with Crippen LogP contribution in [0.3, 0.4) is 0 Å². The fourth-order valence-electron chi connectivity index (χ4n) is 22.4. The average molecular weight is 2000 g/mol. The van der Waals surface area contributed by atoms with Crippen LogP contribution in [-0.2, 0) is 10.2 Å². The van der Waals surface area contributed by atoms with Crippen LogP contribution in [0.1, 0.15) is 224 Å². The van der Waals surface area contributed by atoms with Crippen molar-refractivity contribution in [2.45, 2.75) is 196 Å².